The summed E-state index contributed by atoms with van der Waals surface area (Å²) in [5.41, 5.74) is -0.779. The van der Waals surface area contributed by atoms with Crippen molar-refractivity contribution in [1.82, 2.24) is 4.90 Å². The van der Waals surface area contributed by atoms with Gasteiger partial charge in [0.15, 0.2) is 5.76 Å². The minimum atomic E-state index is -4.41. The Bertz CT molecular complexity index is 752. The number of benzene rings is 1. The summed E-state index contributed by atoms with van der Waals surface area (Å²) in [4.78, 5) is 24.0. The fraction of sp³-hybridized carbons (Fsp3) is 0.250. The molecule has 1 heterocycles. The highest BCUT2D eigenvalue weighted by molar-refractivity contribution is 5.93. The summed E-state index contributed by atoms with van der Waals surface area (Å²) in [7, 11) is 1.46. The number of rotatable bonds is 6. The Morgan fingerprint density at radius 2 is 1.72 bits per heavy atom. The predicted octanol–water partition coefficient (Wildman–Crippen LogP) is 3.15. The van der Waals surface area contributed by atoms with Crippen LogP contribution in [0.2, 0.25) is 0 Å². The van der Waals surface area contributed by atoms with Crippen molar-refractivity contribution in [3.63, 3.8) is 0 Å². The summed E-state index contributed by atoms with van der Waals surface area (Å²) in [6.45, 7) is 0.170. The summed E-state index contributed by atoms with van der Waals surface area (Å²) in [5.74, 6) is -2.07. The van der Waals surface area contributed by atoms with E-state index in [4.69, 9.17) is 14.3 Å². The molecule has 0 spiro atoms. The number of hydrogen-bond donors (Lipinski definition) is 1. The van der Waals surface area contributed by atoms with Crippen LogP contribution in [-0.4, -0.2) is 42.1 Å². The molecule has 134 valence electrons. The van der Waals surface area contributed by atoms with Gasteiger partial charge in [0, 0.05) is 7.05 Å². The highest BCUT2D eigenvalue weighted by Gasteiger charge is 2.30. The first-order valence-electron chi connectivity index (χ1n) is 7.07. The van der Waals surface area contributed by atoms with E-state index in [1.54, 1.807) is 0 Å². The first kappa shape index (κ1) is 18.4. The number of furan rings is 1. The monoisotopic (exact) mass is 357 g/mol. The molecular formula is C16H14F3NO5. The SMILES string of the molecule is CN(CCOc1ccc(C(F)(F)F)cc1)C(=O)c1ccc(C(=O)O)o1. The minimum absolute atomic E-state index is 0.0418. The number of carbonyl (C=O) groups excluding carboxylic acids is 1. The van der Waals surface area contributed by atoms with Crippen molar-refractivity contribution in [3.8, 4) is 5.75 Å². The van der Waals surface area contributed by atoms with Gasteiger partial charge >= 0.3 is 12.1 Å². The van der Waals surface area contributed by atoms with Crippen LogP contribution in [0.15, 0.2) is 40.8 Å². The molecule has 0 unspecified atom stereocenters. The van der Waals surface area contributed by atoms with Crippen LogP contribution in [0, 0.1) is 0 Å². The molecule has 0 saturated carbocycles. The lowest BCUT2D eigenvalue weighted by molar-refractivity contribution is -0.137. The summed E-state index contributed by atoms with van der Waals surface area (Å²) in [6.07, 6.45) is -4.41. The summed E-state index contributed by atoms with van der Waals surface area (Å²) in [5, 5.41) is 8.75. The van der Waals surface area contributed by atoms with Crippen molar-refractivity contribution in [3.05, 3.63) is 53.5 Å². The van der Waals surface area contributed by atoms with Gasteiger partial charge in [-0.25, -0.2) is 4.79 Å². The van der Waals surface area contributed by atoms with E-state index in [-0.39, 0.29) is 30.4 Å². The number of carbonyl (C=O) groups is 2. The lowest BCUT2D eigenvalue weighted by Gasteiger charge is -2.16. The van der Waals surface area contributed by atoms with Crippen molar-refractivity contribution in [2.45, 2.75) is 6.18 Å². The Morgan fingerprint density at radius 1 is 1.12 bits per heavy atom. The highest BCUT2D eigenvalue weighted by Crippen LogP contribution is 2.30. The largest absolute Gasteiger partial charge is 0.492 e. The Labute approximate surface area is 140 Å². The Hall–Kier alpha value is -2.97. The lowest BCUT2D eigenvalue weighted by atomic mass is 10.2. The molecule has 6 nitrogen and oxygen atoms in total. The molecule has 0 aliphatic heterocycles. The van der Waals surface area contributed by atoms with E-state index in [2.05, 4.69) is 0 Å². The van der Waals surface area contributed by atoms with Crippen LogP contribution in [0.4, 0.5) is 13.2 Å². The average molecular weight is 357 g/mol. The van der Waals surface area contributed by atoms with Crippen LogP contribution >= 0.6 is 0 Å². The summed E-state index contributed by atoms with van der Waals surface area (Å²) in [6, 6.07) is 6.61. The second kappa shape index (κ2) is 7.29. The van der Waals surface area contributed by atoms with Crippen LogP contribution in [0.5, 0.6) is 5.75 Å². The number of aromatic carboxylic acids is 1. The van der Waals surface area contributed by atoms with Gasteiger partial charge < -0.3 is 19.2 Å². The van der Waals surface area contributed by atoms with Crippen molar-refractivity contribution in [1.29, 1.82) is 0 Å². The fourth-order valence-corrected chi connectivity index (χ4v) is 1.90. The van der Waals surface area contributed by atoms with E-state index in [0.717, 1.165) is 12.1 Å². The van der Waals surface area contributed by atoms with Gasteiger partial charge in [-0.2, -0.15) is 13.2 Å². The van der Waals surface area contributed by atoms with Crippen LogP contribution in [-0.2, 0) is 6.18 Å². The van der Waals surface area contributed by atoms with E-state index >= 15 is 0 Å². The second-order valence-corrected chi connectivity index (χ2v) is 5.07. The minimum Gasteiger partial charge on any atom is -0.492 e. The predicted molar refractivity (Wildman–Crippen MR) is 79.6 cm³/mol. The number of hydrogen-bond acceptors (Lipinski definition) is 4. The Balaban J connectivity index is 1.86. The molecule has 1 amide bonds. The number of carboxylic acid groups (broad SMARTS) is 1. The van der Waals surface area contributed by atoms with Crippen LogP contribution < -0.4 is 4.74 Å². The number of likely N-dealkylation sites (N-methyl/N-ethyl adjacent to an activating group) is 1. The maximum atomic E-state index is 12.4. The van der Waals surface area contributed by atoms with Crippen LogP contribution in [0.25, 0.3) is 0 Å². The zero-order valence-corrected chi connectivity index (χ0v) is 13.0. The molecule has 9 heteroatoms. The molecule has 0 aliphatic carbocycles. The van der Waals surface area contributed by atoms with Gasteiger partial charge in [-0.1, -0.05) is 0 Å². The van der Waals surface area contributed by atoms with Gasteiger partial charge in [0.2, 0.25) is 5.76 Å². The number of ether oxygens (including phenoxy) is 1. The quantitative estimate of drug-likeness (QED) is 0.859. The summed E-state index contributed by atoms with van der Waals surface area (Å²) >= 11 is 0. The molecule has 25 heavy (non-hydrogen) atoms. The van der Waals surface area contributed by atoms with E-state index < -0.39 is 23.6 Å². The van der Waals surface area contributed by atoms with Gasteiger partial charge in [0.25, 0.3) is 5.91 Å². The third-order valence-electron chi connectivity index (χ3n) is 3.25. The van der Waals surface area contributed by atoms with E-state index in [9.17, 15) is 22.8 Å². The molecule has 1 aromatic carbocycles. The van der Waals surface area contributed by atoms with Crippen molar-refractivity contribution < 1.29 is 37.0 Å². The molecule has 1 N–H and O–H groups in total. The van der Waals surface area contributed by atoms with E-state index in [1.165, 1.54) is 36.2 Å². The number of nitrogens with zero attached hydrogens (tertiary/aromatic N) is 1. The highest BCUT2D eigenvalue weighted by atomic mass is 19.4. The molecule has 0 bridgehead atoms. The number of amides is 1. The second-order valence-electron chi connectivity index (χ2n) is 5.07. The third-order valence-corrected chi connectivity index (χ3v) is 3.25. The van der Waals surface area contributed by atoms with Crippen molar-refractivity contribution >= 4 is 11.9 Å². The smallest absolute Gasteiger partial charge is 0.416 e. The standard InChI is InChI=1S/C16H14F3NO5/c1-20(14(21)12-6-7-13(25-12)15(22)23)8-9-24-11-4-2-10(3-5-11)16(17,18)19/h2-7H,8-9H2,1H3,(H,22,23). The molecule has 0 saturated heterocycles. The molecule has 1 aromatic heterocycles. The fourth-order valence-electron chi connectivity index (χ4n) is 1.90. The van der Waals surface area contributed by atoms with Gasteiger partial charge in [-0.05, 0) is 36.4 Å². The van der Waals surface area contributed by atoms with Gasteiger partial charge in [-0.3, -0.25) is 4.79 Å². The molecule has 2 rings (SSSR count). The first-order valence-corrected chi connectivity index (χ1v) is 7.07. The average Bonchev–Trinajstić information content (AvgIpc) is 3.04. The molecule has 0 fully saturated rings. The van der Waals surface area contributed by atoms with E-state index in [1.807, 2.05) is 0 Å². The maximum absolute atomic E-state index is 12.4. The topological polar surface area (TPSA) is 80.0 Å². The van der Waals surface area contributed by atoms with Crippen molar-refractivity contribution in [2.24, 2.45) is 0 Å². The molecule has 0 aliphatic rings. The van der Waals surface area contributed by atoms with Crippen LogP contribution in [0.3, 0.4) is 0 Å². The zero-order valence-electron chi connectivity index (χ0n) is 13.0. The third kappa shape index (κ3) is 4.75. The maximum Gasteiger partial charge on any atom is 0.416 e. The van der Waals surface area contributed by atoms with Gasteiger partial charge in [-0.15, -0.1) is 0 Å². The molecule has 0 radical (unpaired) electrons. The van der Waals surface area contributed by atoms with Gasteiger partial charge in [0.1, 0.15) is 12.4 Å². The van der Waals surface area contributed by atoms with E-state index in [0.29, 0.717) is 0 Å². The Morgan fingerprint density at radius 3 is 2.24 bits per heavy atom. The summed E-state index contributed by atoms with van der Waals surface area (Å²) < 4.78 is 47.5. The zero-order chi connectivity index (χ0) is 18.6. The normalized spacial score (nSPS) is 11.2. The molecular weight excluding hydrogens is 343 g/mol. The molecule has 0 atom stereocenters. The Kier molecular flexibility index (Phi) is 5.35. The lowest BCUT2D eigenvalue weighted by Crippen LogP contribution is -2.30. The molecule has 2 aromatic rings. The van der Waals surface area contributed by atoms with Crippen LogP contribution in [0.1, 0.15) is 26.7 Å². The van der Waals surface area contributed by atoms with Gasteiger partial charge in [0.05, 0.1) is 12.1 Å². The first-order chi connectivity index (χ1) is 11.7. The van der Waals surface area contributed by atoms with Crippen molar-refractivity contribution in [2.75, 3.05) is 20.2 Å². The number of carboxylic acids is 1. The number of alkyl halides is 3. The number of halogens is 3.